The van der Waals surface area contributed by atoms with Crippen LogP contribution in [0.1, 0.15) is 17.5 Å². The highest BCUT2D eigenvalue weighted by atomic mass is 16.6. The number of carbonyl (C=O) groups excluding carboxylic acids is 1. The van der Waals surface area contributed by atoms with E-state index in [1.165, 1.54) is 19.2 Å². The van der Waals surface area contributed by atoms with Gasteiger partial charge in [0.2, 0.25) is 5.76 Å². The maximum atomic E-state index is 11.4. The molecule has 0 unspecified atom stereocenters. The number of ether oxygens (including phenoxy) is 2. The van der Waals surface area contributed by atoms with Crippen molar-refractivity contribution >= 4 is 5.97 Å². The Bertz CT molecular complexity index is 590. The standard InChI is InChI=1S/C13H13NO5/c1-3-18-13(16)12-7-9(14-19-12)8-4-5-10(15)11(6-8)17-2/h4-7,15H,3H2,1-2H3. The zero-order valence-electron chi connectivity index (χ0n) is 10.5. The van der Waals surface area contributed by atoms with Crippen molar-refractivity contribution in [1.82, 2.24) is 5.16 Å². The Morgan fingerprint density at radius 1 is 1.42 bits per heavy atom. The van der Waals surface area contributed by atoms with E-state index in [2.05, 4.69) is 5.16 Å². The van der Waals surface area contributed by atoms with Gasteiger partial charge in [0.1, 0.15) is 5.69 Å². The van der Waals surface area contributed by atoms with Gasteiger partial charge in [0.25, 0.3) is 0 Å². The lowest BCUT2D eigenvalue weighted by atomic mass is 10.1. The van der Waals surface area contributed by atoms with Crippen LogP contribution in [0.5, 0.6) is 11.5 Å². The fourth-order valence-corrected chi connectivity index (χ4v) is 1.55. The monoisotopic (exact) mass is 263 g/mol. The minimum Gasteiger partial charge on any atom is -0.504 e. The first-order chi connectivity index (χ1) is 9.15. The van der Waals surface area contributed by atoms with Gasteiger partial charge in [-0.15, -0.1) is 0 Å². The van der Waals surface area contributed by atoms with Gasteiger partial charge in [-0.1, -0.05) is 5.16 Å². The molecule has 2 aromatic rings. The Morgan fingerprint density at radius 2 is 2.21 bits per heavy atom. The van der Waals surface area contributed by atoms with E-state index in [-0.39, 0.29) is 18.1 Å². The summed E-state index contributed by atoms with van der Waals surface area (Å²) in [5.41, 5.74) is 1.12. The number of esters is 1. The van der Waals surface area contributed by atoms with Crippen molar-refractivity contribution in [3.8, 4) is 22.8 Å². The molecule has 6 heteroatoms. The summed E-state index contributed by atoms with van der Waals surface area (Å²) in [5.74, 6) is -0.186. The van der Waals surface area contributed by atoms with Gasteiger partial charge in [-0.05, 0) is 25.1 Å². The molecule has 0 aliphatic carbocycles. The second-order valence-corrected chi connectivity index (χ2v) is 3.68. The molecule has 0 spiro atoms. The number of aromatic nitrogens is 1. The second-order valence-electron chi connectivity index (χ2n) is 3.68. The lowest BCUT2D eigenvalue weighted by Gasteiger charge is -2.03. The molecule has 0 amide bonds. The Balaban J connectivity index is 2.30. The first-order valence-electron chi connectivity index (χ1n) is 5.67. The molecule has 0 bridgehead atoms. The summed E-state index contributed by atoms with van der Waals surface area (Å²) in [6.07, 6.45) is 0. The molecule has 1 heterocycles. The molecule has 0 saturated heterocycles. The van der Waals surface area contributed by atoms with E-state index in [1.807, 2.05) is 0 Å². The highest BCUT2D eigenvalue weighted by Crippen LogP contribution is 2.31. The van der Waals surface area contributed by atoms with Gasteiger partial charge < -0.3 is 19.1 Å². The number of hydrogen-bond acceptors (Lipinski definition) is 6. The summed E-state index contributed by atoms with van der Waals surface area (Å²) in [5, 5.41) is 13.3. The van der Waals surface area contributed by atoms with E-state index >= 15 is 0 Å². The number of hydrogen-bond donors (Lipinski definition) is 1. The van der Waals surface area contributed by atoms with Crippen LogP contribution in [-0.4, -0.2) is 29.9 Å². The van der Waals surface area contributed by atoms with Gasteiger partial charge >= 0.3 is 5.97 Å². The molecular formula is C13H13NO5. The highest BCUT2D eigenvalue weighted by Gasteiger charge is 2.15. The van der Waals surface area contributed by atoms with Crippen LogP contribution in [0.2, 0.25) is 0 Å². The van der Waals surface area contributed by atoms with E-state index in [1.54, 1.807) is 19.1 Å². The smallest absolute Gasteiger partial charge is 0.377 e. The van der Waals surface area contributed by atoms with Crippen molar-refractivity contribution < 1.29 is 23.9 Å². The van der Waals surface area contributed by atoms with Gasteiger partial charge in [0.05, 0.1) is 13.7 Å². The molecule has 0 atom stereocenters. The van der Waals surface area contributed by atoms with Crippen LogP contribution in [0.15, 0.2) is 28.8 Å². The van der Waals surface area contributed by atoms with E-state index < -0.39 is 5.97 Å². The van der Waals surface area contributed by atoms with Crippen LogP contribution >= 0.6 is 0 Å². The summed E-state index contributed by atoms with van der Waals surface area (Å²) in [6, 6.07) is 6.20. The van der Waals surface area contributed by atoms with Crippen LogP contribution in [0, 0.1) is 0 Å². The van der Waals surface area contributed by atoms with Crippen LogP contribution in [-0.2, 0) is 4.74 Å². The summed E-state index contributed by atoms with van der Waals surface area (Å²) < 4.78 is 14.7. The van der Waals surface area contributed by atoms with Crippen molar-refractivity contribution in [1.29, 1.82) is 0 Å². The average Bonchev–Trinajstić information content (AvgIpc) is 2.89. The second kappa shape index (κ2) is 5.43. The predicted octanol–water partition coefficient (Wildman–Crippen LogP) is 2.23. The molecule has 0 aliphatic rings. The predicted molar refractivity (Wildman–Crippen MR) is 66.1 cm³/mol. The van der Waals surface area contributed by atoms with Gasteiger partial charge in [-0.3, -0.25) is 0 Å². The number of benzene rings is 1. The lowest BCUT2D eigenvalue weighted by Crippen LogP contribution is -2.02. The number of methoxy groups -OCH3 is 1. The lowest BCUT2D eigenvalue weighted by molar-refractivity contribution is 0.0480. The maximum Gasteiger partial charge on any atom is 0.377 e. The van der Waals surface area contributed by atoms with Crippen molar-refractivity contribution in [3.63, 3.8) is 0 Å². The SMILES string of the molecule is CCOC(=O)c1cc(-c2ccc(O)c(OC)c2)no1. The normalized spacial score (nSPS) is 10.2. The zero-order valence-corrected chi connectivity index (χ0v) is 10.5. The highest BCUT2D eigenvalue weighted by molar-refractivity contribution is 5.87. The van der Waals surface area contributed by atoms with Crippen LogP contribution in [0.25, 0.3) is 11.3 Å². The minimum absolute atomic E-state index is 0.0281. The Hall–Kier alpha value is -2.50. The molecule has 0 saturated carbocycles. The number of phenols is 1. The van der Waals surface area contributed by atoms with Crippen LogP contribution in [0.3, 0.4) is 0 Å². The molecule has 6 nitrogen and oxygen atoms in total. The fraction of sp³-hybridized carbons (Fsp3) is 0.231. The molecule has 0 radical (unpaired) electrons. The number of aromatic hydroxyl groups is 1. The molecule has 0 aliphatic heterocycles. The quantitative estimate of drug-likeness (QED) is 0.852. The zero-order chi connectivity index (χ0) is 13.8. The Morgan fingerprint density at radius 3 is 2.89 bits per heavy atom. The number of rotatable bonds is 4. The Kier molecular flexibility index (Phi) is 3.70. The van der Waals surface area contributed by atoms with E-state index in [9.17, 15) is 9.90 Å². The summed E-state index contributed by atoms with van der Waals surface area (Å²) in [7, 11) is 1.45. The van der Waals surface area contributed by atoms with Crippen molar-refractivity contribution in [2.75, 3.05) is 13.7 Å². The third-order valence-corrected chi connectivity index (χ3v) is 2.46. The molecule has 1 aromatic carbocycles. The molecule has 2 rings (SSSR count). The molecule has 0 fully saturated rings. The molecule has 19 heavy (non-hydrogen) atoms. The third kappa shape index (κ3) is 2.67. The largest absolute Gasteiger partial charge is 0.504 e. The molecule has 1 aromatic heterocycles. The maximum absolute atomic E-state index is 11.4. The van der Waals surface area contributed by atoms with E-state index in [0.717, 1.165) is 0 Å². The van der Waals surface area contributed by atoms with Crippen LogP contribution < -0.4 is 4.74 Å². The minimum atomic E-state index is -0.563. The first kappa shape index (κ1) is 12.9. The van der Waals surface area contributed by atoms with Crippen LogP contribution in [0.4, 0.5) is 0 Å². The summed E-state index contributed by atoms with van der Waals surface area (Å²) >= 11 is 0. The average molecular weight is 263 g/mol. The molecule has 1 N–H and O–H groups in total. The fourth-order valence-electron chi connectivity index (χ4n) is 1.55. The van der Waals surface area contributed by atoms with E-state index in [4.69, 9.17) is 14.0 Å². The van der Waals surface area contributed by atoms with Crippen molar-refractivity contribution in [2.45, 2.75) is 6.92 Å². The topological polar surface area (TPSA) is 81.8 Å². The molecule has 100 valence electrons. The summed E-state index contributed by atoms with van der Waals surface area (Å²) in [6.45, 7) is 1.97. The Labute approximate surface area is 109 Å². The van der Waals surface area contributed by atoms with Gasteiger partial charge in [-0.2, -0.15) is 0 Å². The van der Waals surface area contributed by atoms with Gasteiger partial charge in [0.15, 0.2) is 11.5 Å². The van der Waals surface area contributed by atoms with Crippen molar-refractivity contribution in [3.05, 3.63) is 30.0 Å². The van der Waals surface area contributed by atoms with Gasteiger partial charge in [-0.25, -0.2) is 4.79 Å². The number of phenolic OH excluding ortho intramolecular Hbond substituents is 1. The van der Waals surface area contributed by atoms with Gasteiger partial charge in [0, 0.05) is 11.6 Å². The number of nitrogens with zero attached hydrogens (tertiary/aromatic N) is 1. The third-order valence-electron chi connectivity index (χ3n) is 2.46. The summed E-state index contributed by atoms with van der Waals surface area (Å²) in [4.78, 5) is 11.4. The van der Waals surface area contributed by atoms with Crippen molar-refractivity contribution in [2.24, 2.45) is 0 Å². The van der Waals surface area contributed by atoms with E-state index in [0.29, 0.717) is 17.0 Å². The number of carbonyl (C=O) groups is 1. The molecular weight excluding hydrogens is 250 g/mol. The first-order valence-corrected chi connectivity index (χ1v) is 5.67.